The third-order valence-electron chi connectivity index (χ3n) is 7.13. The van der Waals surface area contributed by atoms with Crippen LogP contribution in [0.4, 0.5) is 11.4 Å². The van der Waals surface area contributed by atoms with Gasteiger partial charge in [0, 0.05) is 43.8 Å². The van der Waals surface area contributed by atoms with Gasteiger partial charge < -0.3 is 18.7 Å². The van der Waals surface area contributed by atoms with Crippen molar-refractivity contribution >= 4 is 100 Å². The molecule has 0 aliphatic heterocycles. The number of ketones is 1. The van der Waals surface area contributed by atoms with Gasteiger partial charge in [-0.15, -0.1) is 0 Å². The molecule has 6 rings (SSSR count). The highest BCUT2D eigenvalue weighted by Gasteiger charge is 2.24. The van der Waals surface area contributed by atoms with Crippen LogP contribution in [0.1, 0.15) is 6.92 Å². The van der Waals surface area contributed by atoms with Gasteiger partial charge in [-0.05, 0) is 64.1 Å². The van der Waals surface area contributed by atoms with E-state index < -0.39 is 71.9 Å². The number of carbonyl (C=O) groups excluding carboxylic acids is 1. The van der Waals surface area contributed by atoms with Crippen LogP contribution in [0.2, 0.25) is 5.02 Å². The molecule has 3 aromatic carbocycles. The van der Waals surface area contributed by atoms with E-state index in [0.717, 1.165) is 4.57 Å². The lowest BCUT2D eigenvalue weighted by atomic mass is 10.2. The lowest BCUT2D eigenvalue weighted by Gasteiger charge is -2.06. The van der Waals surface area contributed by atoms with Crippen LogP contribution in [0.15, 0.2) is 96.4 Å². The number of benzene rings is 3. The van der Waals surface area contributed by atoms with Crippen molar-refractivity contribution in [3.05, 3.63) is 150 Å². The number of nitrogens with zero attached hydrogens (tertiary/aromatic N) is 6. The van der Waals surface area contributed by atoms with Gasteiger partial charge in [-0.2, -0.15) is 0 Å². The average Bonchev–Trinajstić information content (AvgIpc) is 3.11. The van der Waals surface area contributed by atoms with E-state index >= 15 is 0 Å². The summed E-state index contributed by atoms with van der Waals surface area (Å²) >= 11 is 19.7. The molecule has 3 heterocycles. The van der Waals surface area contributed by atoms with Crippen LogP contribution in [0, 0.1) is 30.3 Å². The van der Waals surface area contributed by atoms with Gasteiger partial charge in [0.15, 0.2) is 5.78 Å². The highest BCUT2D eigenvalue weighted by molar-refractivity contribution is 8.24. The molecule has 0 spiro atoms. The van der Waals surface area contributed by atoms with Crippen molar-refractivity contribution in [1.29, 1.82) is 0 Å². The van der Waals surface area contributed by atoms with Gasteiger partial charge in [-0.1, -0.05) is 54.1 Å². The highest BCUT2D eigenvalue weighted by atomic mass is 36.0. The topological polar surface area (TPSA) is 280 Å². The van der Waals surface area contributed by atoms with Gasteiger partial charge in [0.05, 0.1) is 31.8 Å². The number of Topliss-reactive ketones (excluding diaryl/α,β-unsaturated/α-hetero) is 1. The molecule has 1 N–H and O–H groups in total. The summed E-state index contributed by atoms with van der Waals surface area (Å²) in [6.07, 6.45) is 0. The summed E-state index contributed by atoms with van der Waals surface area (Å²) in [5.74, 6) is -1.63. The normalized spacial score (nSPS) is 10.4. The Kier molecular flexibility index (Phi) is 16.8. The summed E-state index contributed by atoms with van der Waals surface area (Å²) in [6.45, 7) is 0.628. The molecule has 57 heavy (non-hydrogen) atoms. The van der Waals surface area contributed by atoms with E-state index in [-0.39, 0.29) is 10.4 Å². The van der Waals surface area contributed by atoms with Gasteiger partial charge in [-0.3, -0.25) is 53.9 Å². The number of nitro groups is 3. The maximum atomic E-state index is 11.7. The second kappa shape index (κ2) is 20.3. The van der Waals surface area contributed by atoms with Crippen LogP contribution >= 0.6 is 50.5 Å². The van der Waals surface area contributed by atoms with Crippen LogP contribution in [0.25, 0.3) is 32.7 Å². The summed E-state index contributed by atoms with van der Waals surface area (Å²) in [5, 5.41) is 38.4. The molecular weight excluding hydrogens is 865 g/mol. The van der Waals surface area contributed by atoms with E-state index in [1.807, 2.05) is 0 Å². The molecule has 20 nitrogen and oxygen atoms in total. The minimum atomic E-state index is -3.22. The Bertz CT molecular complexity index is 2680. The van der Waals surface area contributed by atoms with E-state index in [2.05, 4.69) is 38.1 Å². The van der Waals surface area contributed by atoms with Crippen molar-refractivity contribution in [3.63, 3.8) is 0 Å². The van der Waals surface area contributed by atoms with Gasteiger partial charge in [0.25, 0.3) is 6.54 Å². The maximum Gasteiger partial charge on any atom is 0.422 e. The third-order valence-corrected chi connectivity index (χ3v) is 7.51. The lowest BCUT2D eigenvalue weighted by molar-refractivity contribution is -0.467. The van der Waals surface area contributed by atoms with Crippen LogP contribution in [-0.4, -0.2) is 45.9 Å². The summed E-state index contributed by atoms with van der Waals surface area (Å²) < 4.78 is 17.7. The molecule has 0 saturated heterocycles. The van der Waals surface area contributed by atoms with Gasteiger partial charge in [0.2, 0.25) is 5.75 Å². The van der Waals surface area contributed by atoms with Crippen molar-refractivity contribution < 1.29 is 33.7 Å². The SMILES string of the molecule is CC(=O)C[N+](=O)[O-].Cn1c(=O)c([N+](=O)[O-])c(Cl)c2ccccc21.Cn1c(=O)c([N+](=O)[O-])c(O)c2ccccc21.Cn1c(=O)oc(=O)c2ccccc21.O=P(Cl)(Cl)Cl. The number of hydrogen-bond donors (Lipinski definition) is 1. The zero-order chi connectivity index (χ0) is 43.5. The van der Waals surface area contributed by atoms with Crippen LogP contribution < -0.4 is 22.5 Å². The minimum absolute atomic E-state index is 0.108. The van der Waals surface area contributed by atoms with E-state index in [4.69, 9.17) is 11.6 Å². The zero-order valence-electron chi connectivity index (χ0n) is 29.5. The highest BCUT2D eigenvalue weighted by Crippen LogP contribution is 2.61. The molecule has 0 aliphatic rings. The van der Waals surface area contributed by atoms with Crippen LogP contribution in [0.3, 0.4) is 0 Å². The van der Waals surface area contributed by atoms with Crippen molar-refractivity contribution in [2.24, 2.45) is 21.1 Å². The first-order chi connectivity index (χ1) is 26.4. The first-order valence-corrected chi connectivity index (χ1v) is 20.0. The van der Waals surface area contributed by atoms with Gasteiger partial charge in [-0.25, -0.2) is 9.59 Å². The lowest BCUT2D eigenvalue weighted by Crippen LogP contribution is -2.22. The second-order valence-electron chi connectivity index (χ2n) is 11.0. The third kappa shape index (κ3) is 12.8. The summed E-state index contributed by atoms with van der Waals surface area (Å²) in [4.78, 5) is 83.9. The Balaban J connectivity index is 0.000000260. The van der Waals surface area contributed by atoms with E-state index in [9.17, 15) is 64.0 Å². The molecule has 0 atom stereocenters. The Morgan fingerprint density at radius 2 is 1.07 bits per heavy atom. The molecule has 0 amide bonds. The standard InChI is InChI=1S/C10H7ClN2O3.C10H8N2O4.C9H7NO3.C3H5NO3.Cl3OP/c1-12-7-5-3-2-4-6(7)8(11)9(10(12)14)13(15)16;1-11-7-5-3-2-4-6(7)9(13)8(10(11)14)12(15)16;1-10-7-5-3-2-4-6(7)8(11)13-9(10)12;1-3(5)2-4(6)7;1-5(2,3)4/h2-5H,1H3;2-5,13H,1H3;2-5H,1H3;2H2,1H3;. The number of aromatic hydroxyl groups is 1. The number of hydrogen-bond acceptors (Lipinski definition) is 14. The monoisotopic (exact) mass is 890 g/mol. The molecule has 0 saturated carbocycles. The second-order valence-corrected chi connectivity index (χ2v) is 18.0. The summed E-state index contributed by atoms with van der Waals surface area (Å²) in [7, 11) is 4.47. The first kappa shape index (κ1) is 47.2. The fourth-order valence-electron chi connectivity index (χ4n) is 4.65. The Morgan fingerprint density at radius 3 is 1.47 bits per heavy atom. The minimum Gasteiger partial charge on any atom is -0.501 e. The molecule has 0 aliphatic carbocycles. The predicted octanol–water partition coefficient (Wildman–Crippen LogP) is 6.41. The van der Waals surface area contributed by atoms with Gasteiger partial charge >= 0.3 is 39.1 Å². The van der Waals surface area contributed by atoms with Crippen LogP contribution in [0.5, 0.6) is 5.75 Å². The molecule has 0 bridgehead atoms. The molecule has 25 heteroatoms. The average molecular weight is 892 g/mol. The number of carbonyl (C=O) groups is 1. The fraction of sp³-hybridized carbons (Fsp3) is 0.156. The Labute approximate surface area is 336 Å². The fourth-order valence-corrected chi connectivity index (χ4v) is 4.96. The predicted molar refractivity (Wildman–Crippen MR) is 214 cm³/mol. The molecule has 0 fully saturated rings. The number of aromatic nitrogens is 3. The molecule has 0 radical (unpaired) electrons. The number of rotatable bonds is 4. The summed E-state index contributed by atoms with van der Waals surface area (Å²) in [6, 6.07) is 20.1. The van der Waals surface area contributed by atoms with E-state index in [1.165, 1.54) is 36.2 Å². The molecule has 3 aromatic heterocycles. The molecular formula is C32H27Cl4N6O14P. The number of pyridine rings is 2. The maximum absolute atomic E-state index is 11.7. The zero-order valence-corrected chi connectivity index (χ0v) is 33.5. The van der Waals surface area contributed by atoms with E-state index in [0.29, 0.717) is 27.3 Å². The number of fused-ring (bicyclic) bond motifs is 3. The summed E-state index contributed by atoms with van der Waals surface area (Å²) in [5.41, 5.74) is -1.86. The van der Waals surface area contributed by atoms with E-state index in [1.54, 1.807) is 73.8 Å². The molecule has 6 aromatic rings. The van der Waals surface area contributed by atoms with Crippen LogP contribution in [-0.2, 0) is 30.5 Å². The molecule has 0 unspecified atom stereocenters. The molecule has 302 valence electrons. The van der Waals surface area contributed by atoms with Crippen molar-refractivity contribution in [3.8, 4) is 5.75 Å². The number of para-hydroxylation sites is 3. The largest absolute Gasteiger partial charge is 0.501 e. The number of halogens is 4. The first-order valence-electron chi connectivity index (χ1n) is 15.2. The quantitative estimate of drug-likeness (QED) is 0.114. The Hall–Kier alpha value is -5.92. The van der Waals surface area contributed by atoms with Crippen molar-refractivity contribution in [2.75, 3.05) is 6.54 Å². The van der Waals surface area contributed by atoms with Crippen molar-refractivity contribution in [2.45, 2.75) is 6.92 Å². The Morgan fingerprint density at radius 1 is 0.702 bits per heavy atom. The number of aryl methyl sites for hydroxylation is 3. The van der Waals surface area contributed by atoms with Gasteiger partial charge in [0.1, 0.15) is 5.02 Å². The van der Waals surface area contributed by atoms with Crippen molar-refractivity contribution in [1.82, 2.24) is 13.7 Å². The smallest absolute Gasteiger partial charge is 0.422 e.